The fourth-order valence-electron chi connectivity index (χ4n) is 1.48. The van der Waals surface area contributed by atoms with Crippen molar-refractivity contribution in [1.29, 1.82) is 0 Å². The first-order chi connectivity index (χ1) is 8.46. The summed E-state index contributed by atoms with van der Waals surface area (Å²) in [5.74, 6) is -1.56. The third-order valence-electron chi connectivity index (χ3n) is 2.37. The van der Waals surface area contributed by atoms with E-state index in [1.54, 1.807) is 0 Å². The van der Waals surface area contributed by atoms with Crippen LogP contribution in [0.15, 0.2) is 18.2 Å². The standard InChI is InChI=1S/C10H8F7NO/c11-5-3-1-2-4(9(12,13)14)6(5)7(18)8(19)10(15,16)17/h1-3,7-8,19H,18H2/t7-,8-/m1/s1. The number of nitrogens with two attached hydrogens (primary N) is 1. The average Bonchev–Trinajstić information content (AvgIpc) is 2.24. The molecule has 0 aliphatic carbocycles. The number of aliphatic hydroxyl groups is 1. The molecule has 0 saturated heterocycles. The van der Waals surface area contributed by atoms with E-state index in [1.807, 2.05) is 0 Å². The Balaban J connectivity index is 3.34. The predicted octanol–water partition coefficient (Wildman–Crippen LogP) is 2.77. The van der Waals surface area contributed by atoms with Gasteiger partial charge in [-0.05, 0) is 12.1 Å². The Morgan fingerprint density at radius 2 is 1.58 bits per heavy atom. The van der Waals surface area contributed by atoms with Crippen LogP contribution in [0.4, 0.5) is 30.7 Å². The Morgan fingerprint density at radius 1 is 1.05 bits per heavy atom. The summed E-state index contributed by atoms with van der Waals surface area (Å²) in [6.45, 7) is 0. The summed E-state index contributed by atoms with van der Waals surface area (Å²) < 4.78 is 87.6. The van der Waals surface area contributed by atoms with Crippen molar-refractivity contribution in [2.45, 2.75) is 24.5 Å². The molecule has 0 aliphatic rings. The van der Waals surface area contributed by atoms with Gasteiger partial charge >= 0.3 is 12.4 Å². The van der Waals surface area contributed by atoms with E-state index in [0.29, 0.717) is 18.2 Å². The van der Waals surface area contributed by atoms with Gasteiger partial charge in [0, 0.05) is 5.56 Å². The maximum Gasteiger partial charge on any atom is 0.416 e. The summed E-state index contributed by atoms with van der Waals surface area (Å²) in [6.07, 6.45) is -13.6. The molecule has 0 radical (unpaired) electrons. The molecule has 3 N–H and O–H groups in total. The average molecular weight is 291 g/mol. The normalized spacial score (nSPS) is 16.3. The van der Waals surface area contributed by atoms with Crippen molar-refractivity contribution in [2.24, 2.45) is 5.73 Å². The lowest BCUT2D eigenvalue weighted by Crippen LogP contribution is -2.40. The Morgan fingerprint density at radius 3 is 2.00 bits per heavy atom. The summed E-state index contributed by atoms with van der Waals surface area (Å²) in [6, 6.07) is -0.957. The zero-order chi connectivity index (χ0) is 15.0. The fourth-order valence-corrected chi connectivity index (χ4v) is 1.48. The second kappa shape index (κ2) is 4.97. The van der Waals surface area contributed by atoms with Gasteiger partial charge in [-0.3, -0.25) is 0 Å². The summed E-state index contributed by atoms with van der Waals surface area (Å²) >= 11 is 0. The number of hydrogen-bond acceptors (Lipinski definition) is 2. The SMILES string of the molecule is N[C@H](c1c(F)cccc1C(F)(F)F)[C@@H](O)C(F)(F)F. The second-order valence-electron chi connectivity index (χ2n) is 3.71. The van der Waals surface area contributed by atoms with Crippen LogP contribution in [-0.2, 0) is 6.18 Å². The molecule has 0 heterocycles. The van der Waals surface area contributed by atoms with Gasteiger partial charge in [-0.1, -0.05) is 6.07 Å². The first-order valence-electron chi connectivity index (χ1n) is 4.82. The van der Waals surface area contributed by atoms with Crippen molar-refractivity contribution in [3.05, 3.63) is 35.1 Å². The largest absolute Gasteiger partial charge is 0.416 e. The minimum atomic E-state index is -5.26. The Hall–Kier alpha value is -1.35. The molecule has 2 atom stereocenters. The molecular formula is C10H8F7NO. The molecule has 0 spiro atoms. The van der Waals surface area contributed by atoms with Crippen LogP contribution in [0.2, 0.25) is 0 Å². The topological polar surface area (TPSA) is 46.2 Å². The van der Waals surface area contributed by atoms with Crippen LogP contribution < -0.4 is 5.73 Å². The zero-order valence-electron chi connectivity index (χ0n) is 9.06. The Bertz CT molecular complexity index is 454. The molecule has 0 unspecified atom stereocenters. The molecule has 0 aliphatic heterocycles. The van der Waals surface area contributed by atoms with E-state index >= 15 is 0 Å². The Kier molecular flexibility index (Phi) is 4.11. The van der Waals surface area contributed by atoms with Crippen molar-refractivity contribution in [3.63, 3.8) is 0 Å². The first kappa shape index (κ1) is 15.7. The molecule has 9 heteroatoms. The molecule has 0 saturated carbocycles. The highest BCUT2D eigenvalue weighted by Crippen LogP contribution is 2.38. The third kappa shape index (κ3) is 3.35. The first-order valence-corrected chi connectivity index (χ1v) is 4.82. The number of aliphatic hydroxyl groups excluding tert-OH is 1. The van der Waals surface area contributed by atoms with Crippen molar-refractivity contribution in [2.75, 3.05) is 0 Å². The summed E-state index contributed by atoms with van der Waals surface area (Å²) in [4.78, 5) is 0. The summed E-state index contributed by atoms with van der Waals surface area (Å²) in [7, 11) is 0. The molecule has 2 nitrogen and oxygen atoms in total. The highest BCUT2D eigenvalue weighted by molar-refractivity contribution is 5.34. The summed E-state index contributed by atoms with van der Waals surface area (Å²) in [5.41, 5.74) is 1.85. The van der Waals surface area contributed by atoms with Crippen LogP contribution in [0.25, 0.3) is 0 Å². The van der Waals surface area contributed by atoms with E-state index in [2.05, 4.69) is 0 Å². The molecular weight excluding hydrogens is 283 g/mol. The van der Waals surface area contributed by atoms with Crippen molar-refractivity contribution >= 4 is 0 Å². The van der Waals surface area contributed by atoms with Gasteiger partial charge in [0.05, 0.1) is 11.6 Å². The number of benzene rings is 1. The van der Waals surface area contributed by atoms with Gasteiger partial charge in [0.25, 0.3) is 0 Å². The molecule has 0 fully saturated rings. The number of alkyl halides is 6. The Labute approximate surface area is 102 Å². The maximum atomic E-state index is 13.3. The van der Waals surface area contributed by atoms with Crippen molar-refractivity contribution in [3.8, 4) is 0 Å². The highest BCUT2D eigenvalue weighted by Gasteiger charge is 2.46. The van der Waals surface area contributed by atoms with E-state index < -0.39 is 41.4 Å². The fraction of sp³-hybridized carbons (Fsp3) is 0.400. The summed E-state index contributed by atoms with van der Waals surface area (Å²) in [5, 5.41) is 8.84. The monoisotopic (exact) mass is 291 g/mol. The minimum absolute atomic E-state index is 0.390. The highest BCUT2D eigenvalue weighted by atomic mass is 19.4. The molecule has 108 valence electrons. The number of halogens is 7. The predicted molar refractivity (Wildman–Crippen MR) is 50.4 cm³/mol. The molecule has 1 aromatic carbocycles. The zero-order valence-corrected chi connectivity index (χ0v) is 9.06. The van der Waals surface area contributed by atoms with Crippen molar-refractivity contribution < 1.29 is 35.8 Å². The minimum Gasteiger partial charge on any atom is -0.382 e. The molecule has 0 amide bonds. The van der Waals surface area contributed by atoms with E-state index in [4.69, 9.17) is 10.8 Å². The lowest BCUT2D eigenvalue weighted by molar-refractivity contribution is -0.211. The van der Waals surface area contributed by atoms with Crippen LogP contribution in [-0.4, -0.2) is 17.4 Å². The molecule has 0 bridgehead atoms. The lowest BCUT2D eigenvalue weighted by atomic mass is 9.95. The van der Waals surface area contributed by atoms with E-state index in [-0.39, 0.29) is 0 Å². The van der Waals surface area contributed by atoms with Gasteiger partial charge in [0.1, 0.15) is 5.82 Å². The van der Waals surface area contributed by atoms with Crippen LogP contribution in [0.3, 0.4) is 0 Å². The van der Waals surface area contributed by atoms with Gasteiger partial charge in [0.2, 0.25) is 0 Å². The van der Waals surface area contributed by atoms with Crippen LogP contribution in [0, 0.1) is 5.82 Å². The van der Waals surface area contributed by atoms with Crippen molar-refractivity contribution in [1.82, 2.24) is 0 Å². The van der Waals surface area contributed by atoms with Gasteiger partial charge < -0.3 is 10.8 Å². The van der Waals surface area contributed by atoms with Crippen LogP contribution >= 0.6 is 0 Å². The molecule has 1 aromatic rings. The molecule has 0 aromatic heterocycles. The lowest BCUT2D eigenvalue weighted by Gasteiger charge is -2.24. The van der Waals surface area contributed by atoms with Gasteiger partial charge in [-0.25, -0.2) is 4.39 Å². The quantitative estimate of drug-likeness (QED) is 0.823. The third-order valence-corrected chi connectivity index (χ3v) is 2.37. The van der Waals surface area contributed by atoms with Gasteiger partial charge in [-0.15, -0.1) is 0 Å². The van der Waals surface area contributed by atoms with E-state index in [1.165, 1.54) is 0 Å². The smallest absolute Gasteiger partial charge is 0.382 e. The molecule has 1 rings (SSSR count). The van der Waals surface area contributed by atoms with Crippen LogP contribution in [0.5, 0.6) is 0 Å². The second-order valence-corrected chi connectivity index (χ2v) is 3.71. The van der Waals surface area contributed by atoms with E-state index in [0.717, 1.165) is 0 Å². The van der Waals surface area contributed by atoms with Gasteiger partial charge in [0.15, 0.2) is 6.10 Å². The molecule has 19 heavy (non-hydrogen) atoms. The van der Waals surface area contributed by atoms with Gasteiger partial charge in [-0.2, -0.15) is 26.3 Å². The number of rotatable bonds is 2. The van der Waals surface area contributed by atoms with Crippen LogP contribution in [0.1, 0.15) is 17.2 Å². The maximum absolute atomic E-state index is 13.3. The van der Waals surface area contributed by atoms with E-state index in [9.17, 15) is 30.7 Å². The number of hydrogen-bond donors (Lipinski definition) is 2.